The number of Topliss-reactive ketones (excluding diaryl/α,β-unsaturated/α-hetero) is 1. The molecular formula is C33H40N4O7. The van der Waals surface area contributed by atoms with E-state index in [4.69, 9.17) is 9.47 Å². The van der Waals surface area contributed by atoms with Crippen molar-refractivity contribution in [2.45, 2.75) is 82.3 Å². The van der Waals surface area contributed by atoms with Gasteiger partial charge in [0.25, 0.3) is 5.91 Å². The van der Waals surface area contributed by atoms with Crippen LogP contribution in [0.4, 0.5) is 0 Å². The minimum atomic E-state index is -0.808. The van der Waals surface area contributed by atoms with Gasteiger partial charge >= 0.3 is 0 Å². The third kappa shape index (κ3) is 8.07. The SMILES string of the molecule is O=C=C[C@H](C[C@@H]1CCNC1=C=O)NC(=C=O)[C@H](CC1CCCCC1)NC[C@H](NC(=O)c1ccc2c(c1)OCO2)C(=O)C1CC1. The van der Waals surface area contributed by atoms with Crippen LogP contribution in [0.3, 0.4) is 0 Å². The van der Waals surface area contributed by atoms with Gasteiger partial charge in [-0.25, -0.2) is 14.4 Å². The highest BCUT2D eigenvalue weighted by atomic mass is 16.7. The average Bonchev–Trinajstić information content (AvgIpc) is 3.62. The largest absolute Gasteiger partial charge is 0.454 e. The summed E-state index contributed by atoms with van der Waals surface area (Å²) in [6.07, 6.45) is 10.1. The normalized spacial score (nSPS) is 21.1. The third-order valence-corrected chi connectivity index (χ3v) is 9.06. The Hall–Kier alpha value is -4.13. The highest BCUT2D eigenvalue weighted by Crippen LogP contribution is 2.34. The molecule has 234 valence electrons. The molecule has 3 fully saturated rings. The Labute approximate surface area is 256 Å². The summed E-state index contributed by atoms with van der Waals surface area (Å²) in [5.74, 6) is 6.55. The van der Waals surface area contributed by atoms with Crippen LogP contribution in [0.2, 0.25) is 0 Å². The summed E-state index contributed by atoms with van der Waals surface area (Å²) in [4.78, 5) is 61.8. The number of rotatable bonds is 15. The maximum absolute atomic E-state index is 13.3. The van der Waals surface area contributed by atoms with E-state index in [-0.39, 0.29) is 36.7 Å². The highest BCUT2D eigenvalue weighted by molar-refractivity contribution is 5.99. The van der Waals surface area contributed by atoms with E-state index < -0.39 is 24.0 Å². The molecule has 2 aliphatic heterocycles. The van der Waals surface area contributed by atoms with Crippen molar-refractivity contribution >= 4 is 29.5 Å². The fourth-order valence-electron chi connectivity index (χ4n) is 6.46. The lowest BCUT2D eigenvalue weighted by Gasteiger charge is -2.30. The van der Waals surface area contributed by atoms with Gasteiger partial charge in [0, 0.05) is 36.6 Å². The van der Waals surface area contributed by atoms with Crippen LogP contribution in [0.15, 0.2) is 35.7 Å². The zero-order valence-electron chi connectivity index (χ0n) is 24.8. The van der Waals surface area contributed by atoms with E-state index in [0.717, 1.165) is 38.5 Å². The van der Waals surface area contributed by atoms with Gasteiger partial charge in [0.2, 0.25) is 6.79 Å². The smallest absolute Gasteiger partial charge is 0.252 e. The number of carbonyl (C=O) groups excluding carboxylic acids is 5. The van der Waals surface area contributed by atoms with E-state index >= 15 is 0 Å². The molecule has 44 heavy (non-hydrogen) atoms. The number of amides is 1. The van der Waals surface area contributed by atoms with Gasteiger partial charge in [-0.2, -0.15) is 0 Å². The fraction of sp³-hybridized carbons (Fsp3) is 0.576. The molecule has 4 N–H and O–H groups in total. The molecule has 0 aromatic heterocycles. The summed E-state index contributed by atoms with van der Waals surface area (Å²) in [7, 11) is 0. The first-order chi connectivity index (χ1) is 21.5. The Morgan fingerprint density at radius 2 is 1.75 bits per heavy atom. The lowest BCUT2D eigenvalue weighted by molar-refractivity contribution is -0.122. The van der Waals surface area contributed by atoms with Crippen molar-refractivity contribution in [2.24, 2.45) is 17.8 Å². The Balaban J connectivity index is 1.31. The predicted molar refractivity (Wildman–Crippen MR) is 161 cm³/mol. The van der Waals surface area contributed by atoms with Gasteiger partial charge in [-0.15, -0.1) is 0 Å². The highest BCUT2D eigenvalue weighted by Gasteiger charge is 2.37. The minimum absolute atomic E-state index is 0.0451. The molecule has 2 heterocycles. The molecule has 5 rings (SSSR count). The number of benzene rings is 1. The summed E-state index contributed by atoms with van der Waals surface area (Å²) in [5.41, 5.74) is 1.06. The van der Waals surface area contributed by atoms with Crippen molar-refractivity contribution in [1.82, 2.24) is 21.3 Å². The van der Waals surface area contributed by atoms with Gasteiger partial charge in [0.1, 0.15) is 29.6 Å². The minimum Gasteiger partial charge on any atom is -0.454 e. The lowest BCUT2D eigenvalue weighted by atomic mass is 9.84. The van der Waals surface area contributed by atoms with Crippen LogP contribution in [0, 0.1) is 17.8 Å². The fourth-order valence-corrected chi connectivity index (χ4v) is 6.46. The molecular weight excluding hydrogens is 564 g/mol. The molecule has 1 aromatic carbocycles. The van der Waals surface area contributed by atoms with E-state index in [1.165, 1.54) is 12.5 Å². The van der Waals surface area contributed by atoms with Crippen LogP contribution in [-0.2, 0) is 19.2 Å². The van der Waals surface area contributed by atoms with Gasteiger partial charge in [0.15, 0.2) is 17.3 Å². The van der Waals surface area contributed by atoms with Crippen LogP contribution < -0.4 is 30.7 Å². The van der Waals surface area contributed by atoms with E-state index in [2.05, 4.69) is 27.2 Å². The quantitative estimate of drug-likeness (QED) is 0.219. The molecule has 0 radical (unpaired) electrons. The molecule has 0 spiro atoms. The zero-order valence-corrected chi connectivity index (χ0v) is 24.8. The second-order valence-corrected chi connectivity index (χ2v) is 12.2. The Morgan fingerprint density at radius 3 is 2.48 bits per heavy atom. The monoisotopic (exact) mass is 604 g/mol. The number of carbonyl (C=O) groups is 2. The van der Waals surface area contributed by atoms with Crippen LogP contribution in [-0.4, -0.2) is 67.5 Å². The first kappa shape index (κ1) is 31.3. The number of fused-ring (bicyclic) bond motifs is 1. The van der Waals surface area contributed by atoms with Crippen molar-refractivity contribution in [3.05, 3.63) is 41.2 Å². The summed E-state index contributed by atoms with van der Waals surface area (Å²) in [5, 5.41) is 12.5. The Bertz CT molecular complexity index is 1370. The van der Waals surface area contributed by atoms with E-state index in [9.17, 15) is 24.0 Å². The van der Waals surface area contributed by atoms with Crippen molar-refractivity contribution < 1.29 is 33.4 Å². The maximum atomic E-state index is 13.3. The molecule has 1 aromatic rings. The van der Waals surface area contributed by atoms with E-state index in [1.54, 1.807) is 18.2 Å². The third-order valence-electron chi connectivity index (χ3n) is 9.06. The molecule has 0 unspecified atom stereocenters. The maximum Gasteiger partial charge on any atom is 0.252 e. The summed E-state index contributed by atoms with van der Waals surface area (Å²) in [6, 6.07) is 3.04. The molecule has 4 atom stereocenters. The van der Waals surface area contributed by atoms with Crippen LogP contribution >= 0.6 is 0 Å². The van der Waals surface area contributed by atoms with E-state index in [0.29, 0.717) is 54.5 Å². The first-order valence-corrected chi connectivity index (χ1v) is 15.7. The van der Waals surface area contributed by atoms with Gasteiger partial charge in [0.05, 0.1) is 17.8 Å². The Kier molecular flexibility index (Phi) is 10.7. The van der Waals surface area contributed by atoms with Gasteiger partial charge < -0.3 is 30.7 Å². The molecule has 2 saturated carbocycles. The average molecular weight is 605 g/mol. The standard InChI is InChI=1S/C33H40N4O7/c38-13-11-25(15-23-10-12-34-28(23)18-39)36-29(19-40)26(14-21-4-2-1-3-5-21)35-17-27(32(41)22-6-7-22)37-33(42)24-8-9-30-31(16-24)44-20-43-30/h8-9,11,16,21-23,25-27,34-36H,1-7,10,12,14-15,17,20H2,(H,37,42)/t23-,25+,26-,27-/m0/s1. The summed E-state index contributed by atoms with van der Waals surface area (Å²) < 4.78 is 10.7. The van der Waals surface area contributed by atoms with Gasteiger partial charge in [-0.05, 0) is 56.2 Å². The number of hydrogen-bond acceptors (Lipinski definition) is 10. The van der Waals surface area contributed by atoms with Crippen LogP contribution in [0.1, 0.15) is 74.6 Å². The van der Waals surface area contributed by atoms with E-state index in [1.807, 2.05) is 11.9 Å². The van der Waals surface area contributed by atoms with Crippen molar-refractivity contribution in [1.29, 1.82) is 0 Å². The molecule has 4 aliphatic rings. The predicted octanol–water partition coefficient (Wildman–Crippen LogP) is 2.20. The van der Waals surface area contributed by atoms with Crippen molar-refractivity contribution in [3.63, 3.8) is 0 Å². The molecule has 2 aliphatic carbocycles. The summed E-state index contributed by atoms with van der Waals surface area (Å²) >= 11 is 0. The van der Waals surface area contributed by atoms with Gasteiger partial charge in [-0.3, -0.25) is 9.59 Å². The topological polar surface area (TPSA) is 152 Å². The number of allylic oxidation sites excluding steroid dienone is 1. The molecule has 11 nitrogen and oxygen atoms in total. The molecule has 0 bridgehead atoms. The molecule has 11 heteroatoms. The summed E-state index contributed by atoms with van der Waals surface area (Å²) in [6.45, 7) is 0.851. The number of nitrogens with one attached hydrogen (secondary N) is 4. The number of ether oxygens (including phenoxy) is 2. The number of hydrogen-bond donors (Lipinski definition) is 4. The molecule has 1 amide bonds. The first-order valence-electron chi connectivity index (χ1n) is 15.7. The van der Waals surface area contributed by atoms with Crippen LogP contribution in [0.25, 0.3) is 0 Å². The van der Waals surface area contributed by atoms with Crippen molar-refractivity contribution in [2.75, 3.05) is 19.9 Å². The van der Waals surface area contributed by atoms with Crippen molar-refractivity contribution in [3.8, 4) is 11.5 Å². The molecule has 1 saturated heterocycles. The number of ketones is 1. The Morgan fingerprint density at radius 1 is 0.955 bits per heavy atom. The lowest BCUT2D eigenvalue weighted by Crippen LogP contribution is -2.52. The van der Waals surface area contributed by atoms with Crippen LogP contribution in [0.5, 0.6) is 11.5 Å². The second kappa shape index (κ2) is 15.0. The zero-order chi connectivity index (χ0) is 30.9. The van der Waals surface area contributed by atoms with Gasteiger partial charge in [-0.1, -0.05) is 32.1 Å². The second-order valence-electron chi connectivity index (χ2n) is 12.2.